The fourth-order valence-corrected chi connectivity index (χ4v) is 6.19. The molecule has 0 N–H and O–H groups in total. The van der Waals surface area contributed by atoms with Crippen molar-refractivity contribution in [2.75, 3.05) is 19.8 Å². The molecule has 0 fully saturated rings. The zero-order valence-electron chi connectivity index (χ0n) is 41.0. The Morgan fingerprint density at radius 1 is 0.375 bits per heavy atom. The van der Waals surface area contributed by atoms with Gasteiger partial charge in [0, 0.05) is 13.0 Å². The summed E-state index contributed by atoms with van der Waals surface area (Å²) in [6.45, 7) is 7.33. The van der Waals surface area contributed by atoms with Crippen LogP contribution in [0.5, 0.6) is 0 Å². The Morgan fingerprint density at radius 2 is 0.750 bits per heavy atom. The predicted molar refractivity (Wildman–Crippen MR) is 278 cm³/mol. The van der Waals surface area contributed by atoms with Gasteiger partial charge < -0.3 is 14.2 Å². The first-order valence-electron chi connectivity index (χ1n) is 25.4. The van der Waals surface area contributed by atoms with Crippen molar-refractivity contribution >= 4 is 11.9 Å². The van der Waals surface area contributed by atoms with Crippen LogP contribution in [0.4, 0.5) is 0 Å². The Balaban J connectivity index is 4.49. The number of allylic oxidation sites excluding steroid dienone is 23. The molecule has 0 aromatic heterocycles. The molecule has 0 heterocycles. The smallest absolute Gasteiger partial charge is 0.309 e. The maximum Gasteiger partial charge on any atom is 0.309 e. The Kier molecular flexibility index (Phi) is 49.6. The van der Waals surface area contributed by atoms with Gasteiger partial charge in [-0.15, -0.1) is 0 Å². The molecule has 5 nitrogen and oxygen atoms in total. The Labute approximate surface area is 393 Å². The molecule has 0 aromatic carbocycles. The van der Waals surface area contributed by atoms with E-state index < -0.39 is 6.10 Å². The van der Waals surface area contributed by atoms with E-state index in [1.165, 1.54) is 57.8 Å². The third-order valence-corrected chi connectivity index (χ3v) is 9.89. The normalized spacial score (nSPS) is 13.5. The highest BCUT2D eigenvalue weighted by Crippen LogP contribution is 2.11. The van der Waals surface area contributed by atoms with Crippen LogP contribution in [0.25, 0.3) is 0 Å². The molecule has 0 rings (SSSR count). The number of ether oxygens (including phenoxy) is 3. The van der Waals surface area contributed by atoms with Crippen LogP contribution in [0.2, 0.25) is 0 Å². The lowest BCUT2D eigenvalue weighted by Gasteiger charge is -2.18. The molecule has 0 saturated heterocycles. The molecule has 64 heavy (non-hydrogen) atoms. The van der Waals surface area contributed by atoms with Crippen LogP contribution in [-0.4, -0.2) is 37.9 Å². The van der Waals surface area contributed by atoms with E-state index in [1.54, 1.807) is 0 Å². The summed E-state index contributed by atoms with van der Waals surface area (Å²) in [5.74, 6) is -0.656. The van der Waals surface area contributed by atoms with E-state index in [0.29, 0.717) is 13.0 Å². The van der Waals surface area contributed by atoms with E-state index in [2.05, 4.69) is 148 Å². The number of hydrogen-bond donors (Lipinski definition) is 0. The maximum atomic E-state index is 12.7. The van der Waals surface area contributed by atoms with Crippen LogP contribution >= 0.6 is 0 Å². The van der Waals surface area contributed by atoms with E-state index in [-0.39, 0.29) is 38.0 Å². The van der Waals surface area contributed by atoms with Gasteiger partial charge in [-0.25, -0.2) is 0 Å². The lowest BCUT2D eigenvalue weighted by molar-refractivity contribution is -0.162. The van der Waals surface area contributed by atoms with Crippen LogP contribution in [0.15, 0.2) is 146 Å². The molecule has 0 radical (unpaired) electrons. The van der Waals surface area contributed by atoms with Crippen molar-refractivity contribution in [2.24, 2.45) is 0 Å². The molecular weight excluding hydrogens is 789 g/mol. The van der Waals surface area contributed by atoms with Crippen molar-refractivity contribution in [1.82, 2.24) is 0 Å². The molecule has 5 heteroatoms. The number of rotatable bonds is 44. The summed E-state index contributed by atoms with van der Waals surface area (Å²) in [5.41, 5.74) is 0. The topological polar surface area (TPSA) is 61.8 Å². The van der Waals surface area contributed by atoms with Crippen molar-refractivity contribution in [2.45, 2.75) is 194 Å². The summed E-state index contributed by atoms with van der Waals surface area (Å²) < 4.78 is 17.2. The minimum absolute atomic E-state index is 0.0119. The molecule has 0 aromatic rings. The van der Waals surface area contributed by atoms with Gasteiger partial charge in [-0.05, 0) is 109 Å². The van der Waals surface area contributed by atoms with Gasteiger partial charge in [0.15, 0.2) is 6.10 Å². The average molecular weight is 881 g/mol. The first-order valence-corrected chi connectivity index (χ1v) is 25.4. The predicted octanol–water partition coefficient (Wildman–Crippen LogP) is 17.3. The van der Waals surface area contributed by atoms with Gasteiger partial charge in [0.25, 0.3) is 0 Å². The van der Waals surface area contributed by atoms with Crippen LogP contribution in [-0.2, 0) is 23.8 Å². The minimum Gasteiger partial charge on any atom is -0.461 e. The monoisotopic (exact) mass is 881 g/mol. The van der Waals surface area contributed by atoms with Gasteiger partial charge >= 0.3 is 11.9 Å². The highest BCUT2D eigenvalue weighted by Gasteiger charge is 2.17. The van der Waals surface area contributed by atoms with Crippen LogP contribution in [0.1, 0.15) is 188 Å². The lowest BCUT2D eigenvalue weighted by Crippen LogP contribution is -2.30. The minimum atomic E-state index is -0.630. The molecule has 358 valence electrons. The first-order chi connectivity index (χ1) is 31.6. The van der Waals surface area contributed by atoms with Crippen molar-refractivity contribution in [3.8, 4) is 0 Å². The van der Waals surface area contributed by atoms with Gasteiger partial charge in [-0.1, -0.05) is 212 Å². The summed E-state index contributed by atoms with van der Waals surface area (Å²) in [4.78, 5) is 25.3. The van der Waals surface area contributed by atoms with Crippen LogP contribution in [0.3, 0.4) is 0 Å². The summed E-state index contributed by atoms with van der Waals surface area (Å²) in [6.07, 6.45) is 77.5. The number of unbranched alkanes of at least 4 members (excludes halogenated alkanes) is 10. The van der Waals surface area contributed by atoms with Gasteiger partial charge in [-0.2, -0.15) is 0 Å². The average Bonchev–Trinajstić information content (AvgIpc) is 3.30. The number of esters is 2. The summed E-state index contributed by atoms with van der Waals surface area (Å²) in [5, 5.41) is 0. The standard InChI is InChI=1S/C59H92O5/c1-4-7-10-13-16-19-22-25-27-28-29-30-31-33-36-39-42-45-48-51-54-62-55-57(64-59(61)53-50-47-44-41-38-34-24-21-18-15-12-9-6-3)56-63-58(60)52-49-46-43-40-37-35-32-26-23-20-17-14-11-8-5-2/h8-9,11-12,16-21,25-27,29-30,32,34,37-38,40,44,46-47,49,57H,4-7,10,13-15,22-24,28,31,33,35-36,39,41-43,45,48,50-56H2,1-3H3/b11-8-,12-9-,19-16-,20-17-,21-18-,27-25-,30-29-,32-26-,38-34-,40-37-,47-44-,49-46-. The van der Waals surface area contributed by atoms with Gasteiger partial charge in [0.2, 0.25) is 0 Å². The second-order valence-electron chi connectivity index (χ2n) is 16.0. The molecule has 0 bridgehead atoms. The fraction of sp³-hybridized carbons (Fsp3) is 0.559. The maximum absolute atomic E-state index is 12.7. The van der Waals surface area contributed by atoms with E-state index in [0.717, 1.165) is 89.9 Å². The third kappa shape index (κ3) is 50.4. The Bertz CT molecular complexity index is 1410. The van der Waals surface area contributed by atoms with Gasteiger partial charge in [-0.3, -0.25) is 9.59 Å². The lowest BCUT2D eigenvalue weighted by atomic mass is 10.1. The van der Waals surface area contributed by atoms with E-state index >= 15 is 0 Å². The number of carbonyl (C=O) groups excluding carboxylic acids is 2. The van der Waals surface area contributed by atoms with Crippen molar-refractivity contribution < 1.29 is 23.8 Å². The Morgan fingerprint density at radius 3 is 1.20 bits per heavy atom. The van der Waals surface area contributed by atoms with Crippen LogP contribution < -0.4 is 0 Å². The zero-order chi connectivity index (χ0) is 46.3. The summed E-state index contributed by atoms with van der Waals surface area (Å²) >= 11 is 0. The molecule has 0 spiro atoms. The molecule has 0 aliphatic rings. The van der Waals surface area contributed by atoms with Crippen LogP contribution in [0, 0.1) is 0 Å². The van der Waals surface area contributed by atoms with Gasteiger partial charge in [0.05, 0.1) is 13.0 Å². The molecule has 0 saturated carbocycles. The molecule has 1 atom stereocenters. The highest BCUT2D eigenvalue weighted by molar-refractivity contribution is 5.71. The third-order valence-electron chi connectivity index (χ3n) is 9.89. The first kappa shape index (κ1) is 59.8. The summed E-state index contributed by atoms with van der Waals surface area (Å²) in [6, 6.07) is 0. The molecule has 0 amide bonds. The van der Waals surface area contributed by atoms with Gasteiger partial charge in [0.1, 0.15) is 6.61 Å². The van der Waals surface area contributed by atoms with Crippen molar-refractivity contribution in [3.63, 3.8) is 0 Å². The van der Waals surface area contributed by atoms with E-state index in [1.807, 2.05) is 18.2 Å². The quantitative estimate of drug-likeness (QED) is 0.0347. The molecule has 0 aliphatic heterocycles. The second-order valence-corrected chi connectivity index (χ2v) is 16.0. The van der Waals surface area contributed by atoms with E-state index in [4.69, 9.17) is 14.2 Å². The number of hydrogen-bond acceptors (Lipinski definition) is 5. The SMILES string of the molecule is CC/C=C\C/C=C\C/C=C\C/C=C\C/C=C\CC(=O)OCC(COCCCCCCCCC/C=C\C/C=C\C/C=C\CCCCC)OC(=O)CC/C=C\C/C=C\C/C=C\C/C=C\CC. The fourth-order valence-electron chi connectivity index (χ4n) is 6.19. The summed E-state index contributed by atoms with van der Waals surface area (Å²) in [7, 11) is 0. The molecule has 0 aliphatic carbocycles. The number of carbonyl (C=O) groups is 2. The van der Waals surface area contributed by atoms with Crippen molar-refractivity contribution in [1.29, 1.82) is 0 Å². The van der Waals surface area contributed by atoms with E-state index in [9.17, 15) is 9.59 Å². The highest BCUT2D eigenvalue weighted by atomic mass is 16.6. The second kappa shape index (κ2) is 53.1. The molecule has 1 unspecified atom stereocenters. The molecular formula is C59H92O5. The Hall–Kier alpha value is -4.22. The van der Waals surface area contributed by atoms with Crippen molar-refractivity contribution in [3.05, 3.63) is 146 Å². The largest absolute Gasteiger partial charge is 0.461 e. The zero-order valence-corrected chi connectivity index (χ0v) is 41.0.